The maximum absolute atomic E-state index is 8.98. The van der Waals surface area contributed by atoms with E-state index in [1.54, 1.807) is 12.1 Å². The van der Waals surface area contributed by atoms with E-state index in [1.807, 2.05) is 30.3 Å². The van der Waals surface area contributed by atoms with E-state index in [2.05, 4.69) is 12.1 Å². The zero-order valence-electron chi connectivity index (χ0n) is 9.58. The van der Waals surface area contributed by atoms with Crippen molar-refractivity contribution in [2.45, 2.75) is 12.8 Å². The molecule has 2 nitrogen and oxygen atoms in total. The highest BCUT2D eigenvalue weighted by atomic mass is 16.4. The molecule has 2 rings (SSSR count). The Morgan fingerprint density at radius 2 is 1.24 bits per heavy atom. The summed E-state index contributed by atoms with van der Waals surface area (Å²) >= 11 is 0. The fraction of sp³-hybridized carbons (Fsp3) is 0.143. The largest absolute Gasteiger partial charge is 0.488 e. The van der Waals surface area contributed by atoms with Gasteiger partial charge in [-0.3, -0.25) is 0 Å². The van der Waals surface area contributed by atoms with Crippen LogP contribution in [0.5, 0.6) is 0 Å². The summed E-state index contributed by atoms with van der Waals surface area (Å²) in [6.45, 7) is 0. The highest BCUT2D eigenvalue weighted by Crippen LogP contribution is 2.06. The van der Waals surface area contributed by atoms with Crippen LogP contribution in [0, 0.1) is 0 Å². The van der Waals surface area contributed by atoms with Gasteiger partial charge >= 0.3 is 7.12 Å². The van der Waals surface area contributed by atoms with Crippen LogP contribution in [0.4, 0.5) is 0 Å². The molecule has 0 aliphatic carbocycles. The van der Waals surface area contributed by atoms with Gasteiger partial charge in [0.1, 0.15) is 0 Å². The molecule has 0 aliphatic rings. The molecular formula is C14H15BO2. The number of benzene rings is 2. The van der Waals surface area contributed by atoms with Gasteiger partial charge in [0.2, 0.25) is 0 Å². The van der Waals surface area contributed by atoms with Gasteiger partial charge in [-0.05, 0) is 29.4 Å². The summed E-state index contributed by atoms with van der Waals surface area (Å²) in [5.41, 5.74) is 3.06. The molecule has 0 spiro atoms. The van der Waals surface area contributed by atoms with E-state index in [0.717, 1.165) is 12.8 Å². The fourth-order valence-corrected chi connectivity index (χ4v) is 1.79. The summed E-state index contributed by atoms with van der Waals surface area (Å²) in [7, 11) is -1.38. The molecule has 0 unspecified atom stereocenters. The second-order valence-corrected chi connectivity index (χ2v) is 4.10. The van der Waals surface area contributed by atoms with Crippen LogP contribution in [0.15, 0.2) is 54.6 Å². The number of rotatable bonds is 4. The van der Waals surface area contributed by atoms with Crippen LogP contribution >= 0.6 is 0 Å². The van der Waals surface area contributed by atoms with Crippen LogP contribution in [0.25, 0.3) is 0 Å². The molecule has 86 valence electrons. The van der Waals surface area contributed by atoms with Crippen molar-refractivity contribution >= 4 is 12.6 Å². The maximum Gasteiger partial charge on any atom is 0.488 e. The van der Waals surface area contributed by atoms with Gasteiger partial charge in [0, 0.05) is 0 Å². The van der Waals surface area contributed by atoms with Crippen molar-refractivity contribution in [1.82, 2.24) is 0 Å². The average Bonchev–Trinajstić information content (AvgIpc) is 2.38. The summed E-state index contributed by atoms with van der Waals surface area (Å²) in [6.07, 6.45) is 1.97. The van der Waals surface area contributed by atoms with E-state index in [0.29, 0.717) is 5.46 Å². The van der Waals surface area contributed by atoms with Gasteiger partial charge in [-0.25, -0.2) is 0 Å². The van der Waals surface area contributed by atoms with Crippen molar-refractivity contribution in [3.63, 3.8) is 0 Å². The molecule has 0 bridgehead atoms. The van der Waals surface area contributed by atoms with Crippen molar-refractivity contribution in [3.8, 4) is 0 Å². The first-order valence-electron chi connectivity index (χ1n) is 5.74. The smallest absolute Gasteiger partial charge is 0.423 e. The summed E-state index contributed by atoms with van der Waals surface area (Å²) in [5.74, 6) is 0. The molecule has 2 N–H and O–H groups in total. The summed E-state index contributed by atoms with van der Waals surface area (Å²) < 4.78 is 0. The highest BCUT2D eigenvalue weighted by Gasteiger charge is 2.09. The maximum atomic E-state index is 8.98. The summed E-state index contributed by atoms with van der Waals surface area (Å²) in [4.78, 5) is 0. The predicted octanol–water partition coefficient (Wildman–Crippen LogP) is 1.15. The van der Waals surface area contributed by atoms with Gasteiger partial charge in [0.05, 0.1) is 0 Å². The minimum Gasteiger partial charge on any atom is -0.423 e. The Bertz CT molecular complexity index is 451. The van der Waals surface area contributed by atoms with Gasteiger partial charge in [0.25, 0.3) is 0 Å². The van der Waals surface area contributed by atoms with Crippen molar-refractivity contribution in [2.24, 2.45) is 0 Å². The van der Waals surface area contributed by atoms with Crippen LogP contribution < -0.4 is 5.46 Å². The minimum absolute atomic E-state index is 0.536. The van der Waals surface area contributed by atoms with E-state index >= 15 is 0 Å². The standard InChI is InChI=1S/C14H15BO2/c16-15(17)14-10-8-13(9-11-14)7-6-12-4-2-1-3-5-12/h1-5,8-11,16-17H,6-7H2. The lowest BCUT2D eigenvalue weighted by molar-refractivity contribution is 0.426. The first-order valence-corrected chi connectivity index (χ1v) is 5.74. The van der Waals surface area contributed by atoms with Gasteiger partial charge in [-0.2, -0.15) is 0 Å². The number of aryl methyl sites for hydroxylation is 2. The SMILES string of the molecule is OB(O)c1ccc(CCc2ccccc2)cc1. The lowest BCUT2D eigenvalue weighted by atomic mass is 9.80. The quantitative estimate of drug-likeness (QED) is 0.768. The second-order valence-electron chi connectivity index (χ2n) is 4.10. The van der Waals surface area contributed by atoms with E-state index in [-0.39, 0.29) is 0 Å². The van der Waals surface area contributed by atoms with Crippen LogP contribution in [0.3, 0.4) is 0 Å². The molecule has 17 heavy (non-hydrogen) atoms. The third kappa shape index (κ3) is 3.44. The molecule has 2 aromatic rings. The number of hydrogen-bond acceptors (Lipinski definition) is 2. The zero-order chi connectivity index (χ0) is 12.1. The molecular weight excluding hydrogens is 211 g/mol. The lowest BCUT2D eigenvalue weighted by Crippen LogP contribution is -2.29. The second kappa shape index (κ2) is 5.66. The molecule has 0 atom stereocenters. The van der Waals surface area contributed by atoms with Crippen molar-refractivity contribution < 1.29 is 10.0 Å². The summed E-state index contributed by atoms with van der Waals surface area (Å²) in [5, 5.41) is 18.0. The molecule has 0 heterocycles. The van der Waals surface area contributed by atoms with Gasteiger partial charge in [0.15, 0.2) is 0 Å². The predicted molar refractivity (Wildman–Crippen MR) is 70.1 cm³/mol. The van der Waals surface area contributed by atoms with Crippen molar-refractivity contribution in [3.05, 3.63) is 65.7 Å². The van der Waals surface area contributed by atoms with Crippen molar-refractivity contribution in [1.29, 1.82) is 0 Å². The Labute approximate surface area is 102 Å². The third-order valence-corrected chi connectivity index (χ3v) is 2.82. The highest BCUT2D eigenvalue weighted by molar-refractivity contribution is 6.58. The molecule has 0 saturated carbocycles. The molecule has 0 aromatic heterocycles. The first kappa shape index (κ1) is 11.9. The average molecular weight is 226 g/mol. The van der Waals surface area contributed by atoms with E-state index in [1.165, 1.54) is 11.1 Å². The molecule has 0 aliphatic heterocycles. The molecule has 0 amide bonds. The first-order chi connectivity index (χ1) is 8.25. The molecule has 0 saturated heterocycles. The Balaban J connectivity index is 1.96. The monoisotopic (exact) mass is 226 g/mol. The van der Waals surface area contributed by atoms with Crippen LogP contribution in [-0.2, 0) is 12.8 Å². The van der Waals surface area contributed by atoms with Gasteiger partial charge in [-0.1, -0.05) is 54.6 Å². The number of hydrogen-bond donors (Lipinski definition) is 2. The van der Waals surface area contributed by atoms with E-state index in [4.69, 9.17) is 10.0 Å². The van der Waals surface area contributed by atoms with Crippen molar-refractivity contribution in [2.75, 3.05) is 0 Å². The normalized spacial score (nSPS) is 10.2. The zero-order valence-corrected chi connectivity index (χ0v) is 9.58. The Morgan fingerprint density at radius 3 is 1.76 bits per heavy atom. The third-order valence-electron chi connectivity index (χ3n) is 2.82. The Kier molecular flexibility index (Phi) is 3.96. The lowest BCUT2D eigenvalue weighted by Gasteiger charge is -2.04. The van der Waals surface area contributed by atoms with Crippen LogP contribution in [0.1, 0.15) is 11.1 Å². The van der Waals surface area contributed by atoms with Gasteiger partial charge in [-0.15, -0.1) is 0 Å². The molecule has 0 fully saturated rings. The summed E-state index contributed by atoms with van der Waals surface area (Å²) in [6, 6.07) is 17.7. The van der Waals surface area contributed by atoms with Crippen LogP contribution in [-0.4, -0.2) is 17.2 Å². The van der Waals surface area contributed by atoms with E-state index in [9.17, 15) is 0 Å². The van der Waals surface area contributed by atoms with Gasteiger partial charge < -0.3 is 10.0 Å². The molecule has 0 radical (unpaired) electrons. The van der Waals surface area contributed by atoms with Crippen LogP contribution in [0.2, 0.25) is 0 Å². The molecule has 2 aromatic carbocycles. The fourth-order valence-electron chi connectivity index (χ4n) is 1.79. The topological polar surface area (TPSA) is 40.5 Å². The van der Waals surface area contributed by atoms with E-state index < -0.39 is 7.12 Å². The Hall–Kier alpha value is -1.58. The Morgan fingerprint density at radius 1 is 0.706 bits per heavy atom. The molecule has 3 heteroatoms. The minimum atomic E-state index is -1.38.